The molecule has 2 aliphatic heterocycles. The molecule has 29 heavy (non-hydrogen) atoms. The van der Waals surface area contributed by atoms with E-state index in [0.29, 0.717) is 24.7 Å². The van der Waals surface area contributed by atoms with Crippen molar-refractivity contribution >= 4 is 41.0 Å². The van der Waals surface area contributed by atoms with Crippen LogP contribution in [0.4, 0.5) is 14.9 Å². The number of anilines is 1. The van der Waals surface area contributed by atoms with Crippen LogP contribution < -0.4 is 5.32 Å². The van der Waals surface area contributed by atoms with Crippen LogP contribution in [0.1, 0.15) is 44.9 Å². The van der Waals surface area contributed by atoms with Gasteiger partial charge < -0.3 is 15.1 Å². The third-order valence-corrected chi connectivity index (χ3v) is 8.24. The summed E-state index contributed by atoms with van der Waals surface area (Å²) in [6, 6.07) is 3.95. The number of urea groups is 1. The molecule has 2 saturated heterocycles. The minimum absolute atomic E-state index is 0.0142. The van der Waals surface area contributed by atoms with E-state index in [9.17, 15) is 14.0 Å². The van der Waals surface area contributed by atoms with Crippen LogP contribution in [-0.4, -0.2) is 52.0 Å². The van der Waals surface area contributed by atoms with E-state index >= 15 is 0 Å². The van der Waals surface area contributed by atoms with Gasteiger partial charge in [-0.15, -0.1) is 11.8 Å². The van der Waals surface area contributed by atoms with Crippen LogP contribution in [-0.2, 0) is 4.79 Å². The molecule has 3 aliphatic rings. The van der Waals surface area contributed by atoms with Gasteiger partial charge in [0, 0.05) is 37.0 Å². The van der Waals surface area contributed by atoms with Gasteiger partial charge in [-0.25, -0.2) is 9.18 Å². The summed E-state index contributed by atoms with van der Waals surface area (Å²) < 4.78 is 13.3. The summed E-state index contributed by atoms with van der Waals surface area (Å²) in [4.78, 5) is 29.5. The van der Waals surface area contributed by atoms with Gasteiger partial charge in [0.05, 0.1) is 9.89 Å². The highest BCUT2D eigenvalue weighted by Crippen LogP contribution is 2.45. The Morgan fingerprint density at radius 1 is 1.14 bits per heavy atom. The molecule has 1 aromatic carbocycles. The van der Waals surface area contributed by atoms with Crippen molar-refractivity contribution in [2.75, 3.05) is 30.7 Å². The van der Waals surface area contributed by atoms with Gasteiger partial charge in [-0.1, -0.05) is 30.9 Å². The average molecular weight is 440 g/mol. The van der Waals surface area contributed by atoms with E-state index in [2.05, 4.69) is 10.2 Å². The highest BCUT2D eigenvalue weighted by atomic mass is 35.5. The fourth-order valence-electron chi connectivity index (χ4n) is 4.74. The second kappa shape index (κ2) is 8.72. The number of piperidine rings is 1. The number of hydrogen-bond donors (Lipinski definition) is 1. The number of benzene rings is 1. The maximum atomic E-state index is 13.3. The summed E-state index contributed by atoms with van der Waals surface area (Å²) >= 11 is 7.67. The first-order valence-corrected chi connectivity index (χ1v) is 11.8. The van der Waals surface area contributed by atoms with Crippen molar-refractivity contribution in [1.82, 2.24) is 9.80 Å². The summed E-state index contributed by atoms with van der Waals surface area (Å²) in [7, 11) is 0. The van der Waals surface area contributed by atoms with E-state index in [1.54, 1.807) is 4.90 Å². The number of carbonyl (C=O) groups excluding carboxylic acids is 2. The number of carbonyl (C=O) groups is 2. The predicted octanol–water partition coefficient (Wildman–Crippen LogP) is 4.96. The lowest BCUT2D eigenvalue weighted by Gasteiger charge is -2.45. The number of rotatable bonds is 2. The lowest BCUT2D eigenvalue weighted by Crippen LogP contribution is -2.55. The molecule has 1 aromatic rings. The Labute approximate surface area is 180 Å². The van der Waals surface area contributed by atoms with Crippen molar-refractivity contribution in [2.24, 2.45) is 5.92 Å². The predicted molar refractivity (Wildman–Crippen MR) is 115 cm³/mol. The lowest BCUT2D eigenvalue weighted by atomic mass is 9.87. The van der Waals surface area contributed by atoms with Crippen LogP contribution >= 0.6 is 23.4 Å². The molecule has 1 saturated carbocycles. The Bertz CT molecular complexity index is 779. The van der Waals surface area contributed by atoms with Gasteiger partial charge >= 0.3 is 6.03 Å². The zero-order valence-electron chi connectivity index (χ0n) is 16.5. The Morgan fingerprint density at radius 3 is 2.55 bits per heavy atom. The minimum Gasteiger partial charge on any atom is -0.327 e. The van der Waals surface area contributed by atoms with Gasteiger partial charge in [0.2, 0.25) is 5.91 Å². The van der Waals surface area contributed by atoms with E-state index in [1.807, 2.05) is 11.8 Å². The molecule has 0 bridgehead atoms. The van der Waals surface area contributed by atoms with Crippen LogP contribution in [0, 0.1) is 11.7 Å². The quantitative estimate of drug-likeness (QED) is 0.708. The number of nitrogens with zero attached hydrogens (tertiary/aromatic N) is 2. The summed E-state index contributed by atoms with van der Waals surface area (Å²) in [5, 5.41) is 2.78. The molecular formula is C21H27ClFN3O2S. The topological polar surface area (TPSA) is 52.7 Å². The maximum Gasteiger partial charge on any atom is 0.321 e. The molecule has 1 N–H and O–H groups in total. The molecule has 2 heterocycles. The Balaban J connectivity index is 1.36. The molecule has 5 nitrogen and oxygen atoms in total. The highest BCUT2D eigenvalue weighted by molar-refractivity contribution is 8.00. The molecule has 1 spiro atoms. The van der Waals surface area contributed by atoms with Gasteiger partial charge in [0.1, 0.15) is 5.82 Å². The molecular weight excluding hydrogens is 413 g/mol. The van der Waals surface area contributed by atoms with Gasteiger partial charge in [-0.2, -0.15) is 0 Å². The van der Waals surface area contributed by atoms with Crippen molar-refractivity contribution in [1.29, 1.82) is 0 Å². The normalized spacial score (nSPS) is 22.1. The third kappa shape index (κ3) is 4.36. The highest BCUT2D eigenvalue weighted by Gasteiger charge is 2.48. The molecule has 158 valence electrons. The maximum absolute atomic E-state index is 13.3. The van der Waals surface area contributed by atoms with E-state index < -0.39 is 5.82 Å². The van der Waals surface area contributed by atoms with Crippen LogP contribution in [0.15, 0.2) is 18.2 Å². The second-order valence-electron chi connectivity index (χ2n) is 8.17. The zero-order valence-corrected chi connectivity index (χ0v) is 18.0. The summed E-state index contributed by atoms with van der Waals surface area (Å²) in [5.74, 6) is 0.974. The van der Waals surface area contributed by atoms with Crippen LogP contribution in [0.3, 0.4) is 0 Å². The molecule has 3 amide bonds. The Kier molecular flexibility index (Phi) is 6.25. The number of halogens is 2. The molecule has 8 heteroatoms. The average Bonchev–Trinajstić information content (AvgIpc) is 3.14. The summed E-state index contributed by atoms with van der Waals surface area (Å²) in [5.41, 5.74) is 0.478. The number of likely N-dealkylation sites (tertiary alicyclic amines) is 1. The first-order chi connectivity index (χ1) is 14.0. The van der Waals surface area contributed by atoms with Gasteiger partial charge in [-0.3, -0.25) is 4.79 Å². The smallest absolute Gasteiger partial charge is 0.321 e. The zero-order chi connectivity index (χ0) is 20.4. The number of amides is 3. The van der Waals surface area contributed by atoms with Crippen molar-refractivity contribution in [3.8, 4) is 0 Å². The van der Waals surface area contributed by atoms with E-state index in [1.165, 1.54) is 24.6 Å². The monoisotopic (exact) mass is 439 g/mol. The second-order valence-corrected chi connectivity index (χ2v) is 10.0. The van der Waals surface area contributed by atoms with Crippen molar-refractivity contribution < 1.29 is 14.0 Å². The fraction of sp³-hybridized carbons (Fsp3) is 0.619. The van der Waals surface area contributed by atoms with Crippen LogP contribution in [0.5, 0.6) is 0 Å². The number of thioether (sulfide) groups is 1. The number of hydrogen-bond acceptors (Lipinski definition) is 3. The first kappa shape index (κ1) is 20.8. The molecule has 0 aromatic heterocycles. The standard InChI is InChI=1S/C21H27ClFN3O2S/c22-17-14-16(6-7-18(17)23)24-20(28)25-10-8-21(9-11-25)26(12-13-29-21)19(27)15-4-2-1-3-5-15/h6-7,14-15H,1-5,8-13H2,(H,24,28). The minimum atomic E-state index is -0.509. The fourth-order valence-corrected chi connectivity index (χ4v) is 6.38. The first-order valence-electron chi connectivity index (χ1n) is 10.4. The third-order valence-electron chi connectivity index (χ3n) is 6.40. The Morgan fingerprint density at radius 2 is 1.86 bits per heavy atom. The van der Waals surface area contributed by atoms with Gasteiger partial charge in [0.25, 0.3) is 0 Å². The van der Waals surface area contributed by atoms with Crippen molar-refractivity contribution in [3.63, 3.8) is 0 Å². The lowest BCUT2D eigenvalue weighted by molar-refractivity contribution is -0.140. The van der Waals surface area contributed by atoms with Crippen LogP contribution in [0.25, 0.3) is 0 Å². The van der Waals surface area contributed by atoms with E-state index in [4.69, 9.17) is 11.6 Å². The van der Waals surface area contributed by atoms with E-state index in [-0.39, 0.29) is 21.8 Å². The van der Waals surface area contributed by atoms with Crippen LogP contribution in [0.2, 0.25) is 5.02 Å². The van der Waals surface area contributed by atoms with Crippen molar-refractivity contribution in [2.45, 2.75) is 49.8 Å². The number of nitrogens with one attached hydrogen (secondary N) is 1. The van der Waals surface area contributed by atoms with Gasteiger partial charge in [0.15, 0.2) is 0 Å². The van der Waals surface area contributed by atoms with E-state index in [0.717, 1.165) is 50.8 Å². The molecule has 0 radical (unpaired) electrons. The Hall–Kier alpha value is -1.47. The molecule has 0 atom stereocenters. The van der Waals surface area contributed by atoms with Crippen molar-refractivity contribution in [3.05, 3.63) is 29.0 Å². The SMILES string of the molecule is O=C(Nc1ccc(F)c(Cl)c1)N1CCC2(CC1)SCCN2C(=O)C1CCCCC1. The molecule has 3 fully saturated rings. The van der Waals surface area contributed by atoms with Gasteiger partial charge in [-0.05, 0) is 43.9 Å². The largest absolute Gasteiger partial charge is 0.327 e. The molecule has 4 rings (SSSR count). The molecule has 1 aliphatic carbocycles. The molecule has 0 unspecified atom stereocenters. The summed E-state index contributed by atoms with van der Waals surface area (Å²) in [6.07, 6.45) is 7.17. The summed E-state index contributed by atoms with van der Waals surface area (Å²) in [6.45, 7) is 2.02.